The average Bonchev–Trinajstić information content (AvgIpc) is 2.61. The van der Waals surface area contributed by atoms with E-state index in [0.29, 0.717) is 11.2 Å². The van der Waals surface area contributed by atoms with Gasteiger partial charge in [-0.15, -0.1) is 0 Å². The SMILES string of the molecule is N#Cc1c(SCC(=O)Nc2ccccc2)nc(=O)n2ccccc12. The highest BCUT2D eigenvalue weighted by molar-refractivity contribution is 8.00. The molecule has 0 saturated heterocycles. The van der Waals surface area contributed by atoms with Crippen LogP contribution in [0.2, 0.25) is 0 Å². The van der Waals surface area contributed by atoms with Crippen molar-refractivity contribution in [1.29, 1.82) is 5.26 Å². The Hall–Kier alpha value is -3.11. The molecule has 2 aromatic heterocycles. The number of rotatable bonds is 4. The lowest BCUT2D eigenvalue weighted by molar-refractivity contribution is -0.113. The van der Waals surface area contributed by atoms with Crippen LogP contribution in [0.15, 0.2) is 64.5 Å². The predicted octanol–water partition coefficient (Wildman–Crippen LogP) is 2.30. The van der Waals surface area contributed by atoms with Gasteiger partial charge in [-0.1, -0.05) is 36.0 Å². The molecule has 0 saturated carbocycles. The number of nitrogens with zero attached hydrogens (tertiary/aromatic N) is 3. The van der Waals surface area contributed by atoms with E-state index in [-0.39, 0.29) is 22.2 Å². The number of hydrogen-bond donors (Lipinski definition) is 1. The van der Waals surface area contributed by atoms with Gasteiger partial charge in [0, 0.05) is 11.9 Å². The molecule has 0 aliphatic carbocycles. The van der Waals surface area contributed by atoms with Crippen LogP contribution in [0.25, 0.3) is 5.52 Å². The summed E-state index contributed by atoms with van der Waals surface area (Å²) < 4.78 is 1.31. The number of benzene rings is 1. The molecule has 0 spiro atoms. The van der Waals surface area contributed by atoms with Crippen LogP contribution in [0.5, 0.6) is 0 Å². The van der Waals surface area contributed by atoms with Gasteiger partial charge in [0.05, 0.1) is 11.3 Å². The number of carbonyl (C=O) groups excluding carboxylic acids is 1. The monoisotopic (exact) mass is 336 g/mol. The highest BCUT2D eigenvalue weighted by atomic mass is 32.2. The number of anilines is 1. The summed E-state index contributed by atoms with van der Waals surface area (Å²) in [5, 5.41) is 12.4. The van der Waals surface area contributed by atoms with Crippen molar-refractivity contribution >= 4 is 28.9 Å². The molecule has 24 heavy (non-hydrogen) atoms. The van der Waals surface area contributed by atoms with Crippen LogP contribution < -0.4 is 11.0 Å². The molecule has 0 aliphatic rings. The van der Waals surface area contributed by atoms with Crippen molar-refractivity contribution in [2.45, 2.75) is 5.03 Å². The van der Waals surface area contributed by atoms with Gasteiger partial charge in [0.15, 0.2) is 0 Å². The predicted molar refractivity (Wildman–Crippen MR) is 92.0 cm³/mol. The summed E-state index contributed by atoms with van der Waals surface area (Å²) in [7, 11) is 0. The fourth-order valence-electron chi connectivity index (χ4n) is 2.18. The third-order valence-electron chi connectivity index (χ3n) is 3.24. The average molecular weight is 336 g/mol. The van der Waals surface area contributed by atoms with Crippen LogP contribution in [-0.2, 0) is 4.79 Å². The second-order valence-electron chi connectivity index (χ2n) is 4.85. The molecule has 0 unspecified atom stereocenters. The molecule has 0 bridgehead atoms. The van der Waals surface area contributed by atoms with Crippen molar-refractivity contribution in [3.05, 3.63) is 70.8 Å². The van der Waals surface area contributed by atoms with Crippen LogP contribution in [0, 0.1) is 11.3 Å². The minimum Gasteiger partial charge on any atom is -0.325 e. The molecule has 3 rings (SSSR count). The van der Waals surface area contributed by atoms with Crippen LogP contribution >= 0.6 is 11.8 Å². The van der Waals surface area contributed by atoms with Gasteiger partial charge < -0.3 is 5.32 Å². The highest BCUT2D eigenvalue weighted by Gasteiger charge is 2.13. The summed E-state index contributed by atoms with van der Waals surface area (Å²) in [6, 6.07) is 16.2. The molecule has 0 radical (unpaired) electrons. The van der Waals surface area contributed by atoms with E-state index >= 15 is 0 Å². The Bertz CT molecular complexity index is 993. The lowest BCUT2D eigenvalue weighted by Crippen LogP contribution is -2.20. The van der Waals surface area contributed by atoms with Gasteiger partial charge in [-0.05, 0) is 24.3 Å². The summed E-state index contributed by atoms with van der Waals surface area (Å²) in [6.07, 6.45) is 1.56. The van der Waals surface area contributed by atoms with Crippen molar-refractivity contribution in [1.82, 2.24) is 9.38 Å². The largest absolute Gasteiger partial charge is 0.353 e. The first-order valence-electron chi connectivity index (χ1n) is 7.08. The van der Waals surface area contributed by atoms with Crippen LogP contribution in [0.4, 0.5) is 5.69 Å². The fraction of sp³-hybridized carbons (Fsp3) is 0.0588. The first-order valence-corrected chi connectivity index (χ1v) is 8.07. The second kappa shape index (κ2) is 6.98. The van der Waals surface area contributed by atoms with Crippen molar-refractivity contribution in [3.8, 4) is 6.07 Å². The molecular formula is C17H12N4O2S. The lowest BCUT2D eigenvalue weighted by atomic mass is 10.2. The highest BCUT2D eigenvalue weighted by Crippen LogP contribution is 2.22. The maximum Gasteiger partial charge on any atom is 0.353 e. The minimum absolute atomic E-state index is 0.0546. The van der Waals surface area contributed by atoms with Gasteiger partial charge in [0.1, 0.15) is 16.7 Å². The van der Waals surface area contributed by atoms with Gasteiger partial charge in [0.25, 0.3) is 0 Å². The van der Waals surface area contributed by atoms with E-state index in [4.69, 9.17) is 0 Å². The molecular weight excluding hydrogens is 324 g/mol. The van der Waals surface area contributed by atoms with Gasteiger partial charge in [0.2, 0.25) is 5.91 Å². The Kier molecular flexibility index (Phi) is 4.59. The molecule has 0 atom stereocenters. The fourth-order valence-corrected chi connectivity index (χ4v) is 2.96. The zero-order valence-electron chi connectivity index (χ0n) is 12.5. The Balaban J connectivity index is 1.82. The van der Waals surface area contributed by atoms with Crippen molar-refractivity contribution in [3.63, 3.8) is 0 Å². The molecule has 3 aromatic rings. The first kappa shape index (κ1) is 15.8. The van der Waals surface area contributed by atoms with E-state index in [2.05, 4.69) is 16.4 Å². The second-order valence-corrected chi connectivity index (χ2v) is 5.81. The van der Waals surface area contributed by atoms with Crippen molar-refractivity contribution in [2.75, 3.05) is 11.1 Å². The zero-order valence-corrected chi connectivity index (χ0v) is 13.3. The topological polar surface area (TPSA) is 87.3 Å². The molecule has 7 heteroatoms. The van der Waals surface area contributed by atoms with Crippen LogP contribution in [0.3, 0.4) is 0 Å². The minimum atomic E-state index is -0.476. The Morgan fingerprint density at radius 2 is 1.96 bits per heavy atom. The van der Waals surface area contributed by atoms with E-state index in [1.54, 1.807) is 36.5 Å². The quantitative estimate of drug-likeness (QED) is 0.583. The van der Waals surface area contributed by atoms with Crippen LogP contribution in [0.1, 0.15) is 5.56 Å². The first-order chi connectivity index (χ1) is 11.7. The van der Waals surface area contributed by atoms with Gasteiger partial charge >= 0.3 is 5.69 Å². The van der Waals surface area contributed by atoms with E-state index in [1.807, 2.05) is 18.2 Å². The molecule has 1 amide bonds. The summed E-state index contributed by atoms with van der Waals surface area (Å²) in [5.74, 6) is -0.177. The number of nitriles is 1. The summed E-state index contributed by atoms with van der Waals surface area (Å²) in [5.41, 5.74) is 0.976. The molecule has 1 aromatic carbocycles. The molecule has 118 valence electrons. The number of hydrogen-bond acceptors (Lipinski definition) is 5. The summed E-state index contributed by atoms with van der Waals surface area (Å²) in [4.78, 5) is 28.0. The van der Waals surface area contributed by atoms with Gasteiger partial charge in [-0.3, -0.25) is 9.20 Å². The molecule has 0 aliphatic heterocycles. The van der Waals surface area contributed by atoms with Crippen molar-refractivity contribution in [2.24, 2.45) is 0 Å². The number of fused-ring (bicyclic) bond motifs is 1. The van der Waals surface area contributed by atoms with E-state index in [1.165, 1.54) is 4.40 Å². The van der Waals surface area contributed by atoms with Crippen LogP contribution in [-0.4, -0.2) is 21.0 Å². The number of amides is 1. The number of pyridine rings is 1. The zero-order chi connectivity index (χ0) is 16.9. The third-order valence-corrected chi connectivity index (χ3v) is 4.22. The molecule has 0 fully saturated rings. The number of aromatic nitrogens is 2. The normalized spacial score (nSPS) is 10.3. The Labute approximate surface area is 141 Å². The number of carbonyl (C=O) groups is 1. The van der Waals surface area contributed by atoms with Crippen molar-refractivity contribution < 1.29 is 4.79 Å². The van der Waals surface area contributed by atoms with Gasteiger partial charge in [-0.25, -0.2) is 4.79 Å². The number of thioether (sulfide) groups is 1. The maximum absolute atomic E-state index is 12.0. The Morgan fingerprint density at radius 1 is 1.21 bits per heavy atom. The molecule has 2 heterocycles. The van der Waals surface area contributed by atoms with Gasteiger partial charge in [-0.2, -0.15) is 10.2 Å². The summed E-state index contributed by atoms with van der Waals surface area (Å²) >= 11 is 1.07. The summed E-state index contributed by atoms with van der Waals surface area (Å²) in [6.45, 7) is 0. The lowest BCUT2D eigenvalue weighted by Gasteiger charge is -2.07. The molecule has 6 nitrogen and oxygen atoms in total. The Morgan fingerprint density at radius 3 is 2.71 bits per heavy atom. The van der Waals surface area contributed by atoms with E-state index < -0.39 is 5.69 Å². The van der Waals surface area contributed by atoms with E-state index in [0.717, 1.165) is 11.8 Å². The van der Waals surface area contributed by atoms with E-state index in [9.17, 15) is 14.9 Å². The molecule has 1 N–H and O–H groups in total. The standard InChI is InChI=1S/C17H12N4O2S/c18-10-13-14-8-4-5-9-21(14)17(23)20-16(13)24-11-15(22)19-12-6-2-1-3-7-12/h1-9H,11H2,(H,19,22). The smallest absolute Gasteiger partial charge is 0.325 e. The maximum atomic E-state index is 12.0. The number of para-hydroxylation sites is 1. The third kappa shape index (κ3) is 3.29. The number of nitrogens with one attached hydrogen (secondary N) is 1.